The summed E-state index contributed by atoms with van der Waals surface area (Å²) in [6.45, 7) is 0.603. The number of nitrogens with zero attached hydrogens (tertiary/aromatic N) is 1. The number of hydrogen-bond acceptors (Lipinski definition) is 3. The summed E-state index contributed by atoms with van der Waals surface area (Å²) < 4.78 is 0. The smallest absolute Gasteiger partial charge is 0.337 e. The second-order valence-corrected chi connectivity index (χ2v) is 4.50. The number of aromatic nitrogens is 1. The minimum absolute atomic E-state index is 0. The first kappa shape index (κ1) is 16.4. The zero-order chi connectivity index (χ0) is 13.8. The van der Waals surface area contributed by atoms with Gasteiger partial charge in [-0.1, -0.05) is 35.9 Å². The molecule has 0 bridgehead atoms. The molecule has 2 rings (SSSR count). The number of rotatable bonds is 4. The second-order valence-electron chi connectivity index (χ2n) is 4.10. The Balaban J connectivity index is 0.00000200. The summed E-state index contributed by atoms with van der Waals surface area (Å²) in [5, 5.41) is 9.18. The highest BCUT2D eigenvalue weighted by atomic mass is 35.5. The summed E-state index contributed by atoms with van der Waals surface area (Å²) in [4.78, 5) is 14.9. The lowest BCUT2D eigenvalue weighted by Crippen LogP contribution is -2.02. The average Bonchev–Trinajstić information content (AvgIpc) is 2.40. The highest BCUT2D eigenvalue weighted by Gasteiger charge is 2.10. The fourth-order valence-electron chi connectivity index (χ4n) is 1.76. The van der Waals surface area contributed by atoms with Gasteiger partial charge in [-0.2, -0.15) is 0 Å². The van der Waals surface area contributed by atoms with Gasteiger partial charge in [0.2, 0.25) is 0 Å². The van der Waals surface area contributed by atoms with Crippen molar-refractivity contribution in [2.45, 2.75) is 6.42 Å². The molecule has 6 heteroatoms. The lowest BCUT2D eigenvalue weighted by atomic mass is 10.1. The number of carboxylic acids is 1. The Hall–Kier alpha value is -1.62. The van der Waals surface area contributed by atoms with Gasteiger partial charge >= 0.3 is 5.97 Å². The predicted octanol–water partition coefficient (Wildman–Crippen LogP) is 3.02. The van der Waals surface area contributed by atoms with Gasteiger partial charge in [-0.25, -0.2) is 4.79 Å². The van der Waals surface area contributed by atoms with Gasteiger partial charge in [-0.3, -0.25) is 4.98 Å². The maximum Gasteiger partial charge on any atom is 0.337 e. The number of carbonyl (C=O) groups is 1. The Morgan fingerprint density at radius 1 is 1.30 bits per heavy atom. The van der Waals surface area contributed by atoms with E-state index in [2.05, 4.69) is 4.98 Å². The van der Waals surface area contributed by atoms with Crippen LogP contribution in [0, 0.1) is 0 Å². The molecule has 0 radical (unpaired) electrons. The number of pyridine rings is 1. The molecule has 0 saturated carbocycles. The molecule has 0 amide bonds. The molecule has 0 aliphatic heterocycles. The SMILES string of the molecule is Cl.NCCc1ccc(-c2ncc(C(=O)O)cc2Cl)cc1. The number of benzene rings is 1. The van der Waals surface area contributed by atoms with Crippen LogP contribution in [0.1, 0.15) is 15.9 Å². The molecule has 0 aliphatic rings. The third kappa shape index (κ3) is 3.70. The maximum absolute atomic E-state index is 10.8. The van der Waals surface area contributed by atoms with Gasteiger partial charge in [-0.05, 0) is 24.6 Å². The molecule has 4 nitrogen and oxygen atoms in total. The van der Waals surface area contributed by atoms with E-state index in [0.717, 1.165) is 17.5 Å². The minimum atomic E-state index is -1.04. The molecular weight excluding hydrogens is 299 g/mol. The van der Waals surface area contributed by atoms with Crippen molar-refractivity contribution in [3.05, 3.63) is 52.7 Å². The number of hydrogen-bond donors (Lipinski definition) is 2. The number of carboxylic acid groups (broad SMARTS) is 1. The van der Waals surface area contributed by atoms with Crippen molar-refractivity contribution in [1.82, 2.24) is 4.98 Å². The van der Waals surface area contributed by atoms with E-state index in [-0.39, 0.29) is 18.0 Å². The van der Waals surface area contributed by atoms with Crippen molar-refractivity contribution in [1.29, 1.82) is 0 Å². The third-order valence-corrected chi connectivity index (χ3v) is 3.04. The van der Waals surface area contributed by atoms with Crippen LogP contribution < -0.4 is 5.73 Å². The third-order valence-electron chi connectivity index (χ3n) is 2.75. The number of halogens is 2. The summed E-state index contributed by atoms with van der Waals surface area (Å²) in [7, 11) is 0. The average molecular weight is 313 g/mol. The molecular formula is C14H14Cl2N2O2. The highest BCUT2D eigenvalue weighted by molar-refractivity contribution is 6.33. The first-order chi connectivity index (χ1) is 9.11. The summed E-state index contributed by atoms with van der Waals surface area (Å²) in [6, 6.07) is 9.13. The Kier molecular flexibility index (Phi) is 5.95. The van der Waals surface area contributed by atoms with Crippen molar-refractivity contribution in [3.8, 4) is 11.3 Å². The van der Waals surface area contributed by atoms with Crippen molar-refractivity contribution >= 4 is 30.0 Å². The standard InChI is InChI=1S/C14H13ClN2O2.ClH/c15-12-7-11(14(18)19)8-17-13(12)10-3-1-9(2-4-10)5-6-16;/h1-4,7-8H,5-6,16H2,(H,18,19);1H. The molecule has 0 atom stereocenters. The Labute approximate surface area is 128 Å². The molecule has 2 aromatic rings. The molecule has 3 N–H and O–H groups in total. The molecule has 20 heavy (non-hydrogen) atoms. The summed E-state index contributed by atoms with van der Waals surface area (Å²) in [5.74, 6) is -1.04. The van der Waals surface area contributed by atoms with E-state index in [0.29, 0.717) is 17.3 Å². The Morgan fingerprint density at radius 3 is 2.45 bits per heavy atom. The van der Waals surface area contributed by atoms with Gasteiger partial charge < -0.3 is 10.8 Å². The molecule has 106 valence electrons. The van der Waals surface area contributed by atoms with Gasteiger partial charge in [-0.15, -0.1) is 12.4 Å². The van der Waals surface area contributed by atoms with E-state index in [1.807, 2.05) is 24.3 Å². The zero-order valence-electron chi connectivity index (χ0n) is 10.5. The molecule has 1 heterocycles. The molecule has 0 aliphatic carbocycles. The van der Waals surface area contributed by atoms with Crippen LogP contribution in [0.3, 0.4) is 0 Å². The first-order valence-corrected chi connectivity index (χ1v) is 6.18. The zero-order valence-corrected chi connectivity index (χ0v) is 12.1. The molecule has 0 spiro atoms. The van der Waals surface area contributed by atoms with Crippen molar-refractivity contribution in [2.75, 3.05) is 6.54 Å². The number of aromatic carboxylic acids is 1. The maximum atomic E-state index is 10.8. The number of nitrogens with two attached hydrogens (primary N) is 1. The summed E-state index contributed by atoms with van der Waals surface area (Å²) in [6.07, 6.45) is 2.12. The van der Waals surface area contributed by atoms with E-state index < -0.39 is 5.97 Å². The quantitative estimate of drug-likeness (QED) is 0.909. The van der Waals surface area contributed by atoms with Crippen LogP contribution in [0.4, 0.5) is 0 Å². The van der Waals surface area contributed by atoms with Crippen LogP contribution in [0.15, 0.2) is 36.5 Å². The van der Waals surface area contributed by atoms with Crippen LogP contribution >= 0.6 is 24.0 Å². The van der Waals surface area contributed by atoms with Crippen LogP contribution in [-0.2, 0) is 6.42 Å². The van der Waals surface area contributed by atoms with E-state index >= 15 is 0 Å². The summed E-state index contributed by atoms with van der Waals surface area (Å²) in [5.41, 5.74) is 8.13. The van der Waals surface area contributed by atoms with Gasteiger partial charge in [0.1, 0.15) is 0 Å². The van der Waals surface area contributed by atoms with Crippen LogP contribution in [0.5, 0.6) is 0 Å². The van der Waals surface area contributed by atoms with Gasteiger partial charge in [0.05, 0.1) is 16.3 Å². The normalized spacial score (nSPS) is 9.90. The van der Waals surface area contributed by atoms with Gasteiger partial charge in [0.25, 0.3) is 0 Å². The topological polar surface area (TPSA) is 76.2 Å². The summed E-state index contributed by atoms with van der Waals surface area (Å²) >= 11 is 6.06. The molecule has 1 aromatic heterocycles. The molecule has 1 aromatic carbocycles. The highest BCUT2D eigenvalue weighted by Crippen LogP contribution is 2.26. The molecule has 0 fully saturated rings. The van der Waals surface area contributed by atoms with Crippen LogP contribution in [0.25, 0.3) is 11.3 Å². The van der Waals surface area contributed by atoms with Crippen molar-refractivity contribution in [3.63, 3.8) is 0 Å². The van der Waals surface area contributed by atoms with E-state index in [1.165, 1.54) is 12.3 Å². The Morgan fingerprint density at radius 2 is 1.95 bits per heavy atom. The van der Waals surface area contributed by atoms with Crippen molar-refractivity contribution < 1.29 is 9.90 Å². The van der Waals surface area contributed by atoms with E-state index in [4.69, 9.17) is 22.4 Å². The lowest BCUT2D eigenvalue weighted by Gasteiger charge is -2.06. The van der Waals surface area contributed by atoms with Gasteiger partial charge in [0.15, 0.2) is 0 Å². The van der Waals surface area contributed by atoms with Gasteiger partial charge in [0, 0.05) is 11.8 Å². The van der Waals surface area contributed by atoms with Crippen LogP contribution in [-0.4, -0.2) is 22.6 Å². The van der Waals surface area contributed by atoms with Crippen molar-refractivity contribution in [2.24, 2.45) is 5.73 Å². The lowest BCUT2D eigenvalue weighted by molar-refractivity contribution is 0.0696. The Bertz CT molecular complexity index is 601. The largest absolute Gasteiger partial charge is 0.478 e. The second kappa shape index (κ2) is 7.24. The fourth-order valence-corrected chi connectivity index (χ4v) is 2.04. The monoisotopic (exact) mass is 312 g/mol. The van der Waals surface area contributed by atoms with Crippen LogP contribution in [0.2, 0.25) is 5.02 Å². The molecule has 0 saturated heterocycles. The minimum Gasteiger partial charge on any atom is -0.478 e. The van der Waals surface area contributed by atoms with E-state index in [9.17, 15) is 4.79 Å². The first-order valence-electron chi connectivity index (χ1n) is 5.80. The fraction of sp³-hybridized carbons (Fsp3) is 0.143. The van der Waals surface area contributed by atoms with E-state index in [1.54, 1.807) is 0 Å². The molecule has 0 unspecified atom stereocenters. The predicted molar refractivity (Wildman–Crippen MR) is 81.6 cm³/mol.